The summed E-state index contributed by atoms with van der Waals surface area (Å²) in [5, 5.41) is 8.96. The van der Waals surface area contributed by atoms with Crippen LogP contribution in [0.25, 0.3) is 0 Å². The molecule has 1 aromatic rings. The lowest BCUT2D eigenvalue weighted by Gasteiger charge is -2.27. The Kier molecular flexibility index (Phi) is 7.18. The van der Waals surface area contributed by atoms with Gasteiger partial charge in [-0.1, -0.05) is 28.1 Å². The number of hydrogen-bond donors (Lipinski definition) is 1. The van der Waals surface area contributed by atoms with Gasteiger partial charge in [-0.15, -0.1) is 0 Å². The second kappa shape index (κ2) is 8.39. The summed E-state index contributed by atoms with van der Waals surface area (Å²) in [5.41, 5.74) is 0.655. The molecule has 0 atom stereocenters. The number of benzene rings is 1. The van der Waals surface area contributed by atoms with Crippen molar-refractivity contribution >= 4 is 22.0 Å². The van der Waals surface area contributed by atoms with E-state index in [0.29, 0.717) is 19.5 Å². The molecule has 5 heteroatoms. The zero-order chi connectivity index (χ0) is 15.9. The number of rotatable bonds is 6. The highest BCUT2D eigenvalue weighted by Gasteiger charge is 2.21. The topological polar surface area (TPSA) is 49.8 Å². The first-order valence-electron chi connectivity index (χ1n) is 7.15. The summed E-state index contributed by atoms with van der Waals surface area (Å²) >= 11 is 3.40. The van der Waals surface area contributed by atoms with Crippen LogP contribution in [0.2, 0.25) is 0 Å². The van der Waals surface area contributed by atoms with Crippen molar-refractivity contribution in [2.24, 2.45) is 0 Å². The Bertz CT molecular complexity index is 440. The van der Waals surface area contributed by atoms with E-state index in [0.717, 1.165) is 16.5 Å². The van der Waals surface area contributed by atoms with Crippen molar-refractivity contribution < 1.29 is 14.6 Å². The van der Waals surface area contributed by atoms with E-state index in [-0.39, 0.29) is 12.7 Å². The molecule has 4 nitrogen and oxygen atoms in total. The maximum Gasteiger partial charge on any atom is 0.410 e. The standard InChI is InChI=1S/C16H24BrNO3/c1-16(2,3)21-15(20)18(10-4-12-19)11-9-13-5-7-14(17)8-6-13/h5-8,19H,4,9-12H2,1-3H3. The molecule has 0 heterocycles. The minimum absolute atomic E-state index is 0.0670. The molecule has 0 saturated carbocycles. The van der Waals surface area contributed by atoms with E-state index in [2.05, 4.69) is 15.9 Å². The molecule has 1 amide bonds. The maximum atomic E-state index is 12.2. The van der Waals surface area contributed by atoms with Crippen LogP contribution < -0.4 is 0 Å². The summed E-state index contributed by atoms with van der Waals surface area (Å²) < 4.78 is 6.44. The van der Waals surface area contributed by atoms with E-state index in [1.807, 2.05) is 45.0 Å². The SMILES string of the molecule is CC(C)(C)OC(=O)N(CCCO)CCc1ccc(Br)cc1. The fourth-order valence-electron chi connectivity index (χ4n) is 1.80. The number of hydrogen-bond acceptors (Lipinski definition) is 3. The number of aliphatic hydroxyl groups is 1. The van der Waals surface area contributed by atoms with Crippen molar-refractivity contribution in [3.8, 4) is 0 Å². The average molecular weight is 358 g/mol. The molecule has 0 bridgehead atoms. The predicted octanol–water partition coefficient (Wildman–Crippen LogP) is 3.61. The first-order valence-corrected chi connectivity index (χ1v) is 7.94. The van der Waals surface area contributed by atoms with Gasteiger partial charge in [-0.05, 0) is 51.3 Å². The van der Waals surface area contributed by atoms with Gasteiger partial charge >= 0.3 is 6.09 Å². The molecule has 0 aliphatic carbocycles. The van der Waals surface area contributed by atoms with Gasteiger partial charge in [0.2, 0.25) is 0 Å². The van der Waals surface area contributed by atoms with Crippen molar-refractivity contribution in [2.75, 3.05) is 19.7 Å². The number of nitrogens with zero attached hydrogens (tertiary/aromatic N) is 1. The van der Waals surface area contributed by atoms with E-state index < -0.39 is 5.60 Å². The lowest BCUT2D eigenvalue weighted by atomic mass is 10.1. The first-order chi connectivity index (χ1) is 9.81. The summed E-state index contributed by atoms with van der Waals surface area (Å²) in [4.78, 5) is 13.8. The number of amides is 1. The minimum atomic E-state index is -0.508. The molecule has 0 fully saturated rings. The number of aliphatic hydroxyl groups excluding tert-OH is 1. The van der Waals surface area contributed by atoms with E-state index in [9.17, 15) is 4.79 Å². The lowest BCUT2D eigenvalue weighted by Crippen LogP contribution is -2.38. The molecule has 1 rings (SSSR count). The third-order valence-corrected chi connectivity index (χ3v) is 3.35. The second-order valence-corrected chi connectivity index (χ2v) is 6.84. The van der Waals surface area contributed by atoms with Gasteiger partial charge in [0.25, 0.3) is 0 Å². The molecule has 0 saturated heterocycles. The zero-order valence-corrected chi connectivity index (χ0v) is 14.5. The van der Waals surface area contributed by atoms with Gasteiger partial charge in [0.1, 0.15) is 5.60 Å². The van der Waals surface area contributed by atoms with Gasteiger partial charge in [0.05, 0.1) is 0 Å². The Morgan fingerprint density at radius 1 is 1.24 bits per heavy atom. The van der Waals surface area contributed by atoms with Crippen molar-refractivity contribution in [1.82, 2.24) is 4.90 Å². The van der Waals surface area contributed by atoms with Gasteiger partial charge in [0.15, 0.2) is 0 Å². The van der Waals surface area contributed by atoms with Crippen LogP contribution in [0.3, 0.4) is 0 Å². The lowest BCUT2D eigenvalue weighted by molar-refractivity contribution is 0.0243. The molecule has 1 aromatic carbocycles. The van der Waals surface area contributed by atoms with E-state index in [1.165, 1.54) is 0 Å². The zero-order valence-electron chi connectivity index (χ0n) is 12.9. The molecular weight excluding hydrogens is 334 g/mol. The summed E-state index contributed by atoms with van der Waals surface area (Å²) in [7, 11) is 0. The molecule has 0 unspecified atom stereocenters. The predicted molar refractivity (Wildman–Crippen MR) is 87.4 cm³/mol. The molecule has 0 aromatic heterocycles. The Morgan fingerprint density at radius 3 is 2.38 bits per heavy atom. The van der Waals surface area contributed by atoms with Crippen molar-refractivity contribution in [3.05, 3.63) is 34.3 Å². The van der Waals surface area contributed by atoms with Crippen LogP contribution in [0.5, 0.6) is 0 Å². The van der Waals surface area contributed by atoms with Crippen LogP contribution in [0, 0.1) is 0 Å². The highest BCUT2D eigenvalue weighted by Crippen LogP contribution is 2.13. The smallest absolute Gasteiger partial charge is 0.410 e. The van der Waals surface area contributed by atoms with Gasteiger partial charge in [0, 0.05) is 24.2 Å². The normalized spacial score (nSPS) is 11.3. The number of halogens is 1. The van der Waals surface area contributed by atoms with Crippen LogP contribution in [0.15, 0.2) is 28.7 Å². The minimum Gasteiger partial charge on any atom is -0.444 e. The maximum absolute atomic E-state index is 12.2. The molecular formula is C16H24BrNO3. The van der Waals surface area contributed by atoms with Crippen LogP contribution in [-0.4, -0.2) is 41.4 Å². The third-order valence-electron chi connectivity index (χ3n) is 2.82. The van der Waals surface area contributed by atoms with Gasteiger partial charge in [-0.3, -0.25) is 0 Å². The third kappa shape index (κ3) is 7.48. The Morgan fingerprint density at radius 2 is 1.86 bits per heavy atom. The van der Waals surface area contributed by atoms with E-state index >= 15 is 0 Å². The molecule has 0 radical (unpaired) electrons. The summed E-state index contributed by atoms with van der Waals surface area (Å²) in [5.74, 6) is 0. The van der Waals surface area contributed by atoms with Crippen LogP contribution in [0.4, 0.5) is 4.79 Å². The van der Waals surface area contributed by atoms with Crippen molar-refractivity contribution in [1.29, 1.82) is 0 Å². The largest absolute Gasteiger partial charge is 0.444 e. The number of ether oxygens (including phenoxy) is 1. The highest BCUT2D eigenvalue weighted by atomic mass is 79.9. The monoisotopic (exact) mass is 357 g/mol. The van der Waals surface area contributed by atoms with Crippen LogP contribution in [0.1, 0.15) is 32.8 Å². The molecule has 1 N–H and O–H groups in total. The molecule has 0 aliphatic rings. The fourth-order valence-corrected chi connectivity index (χ4v) is 2.06. The Balaban J connectivity index is 2.60. The molecule has 21 heavy (non-hydrogen) atoms. The van der Waals surface area contributed by atoms with Gasteiger partial charge in [-0.2, -0.15) is 0 Å². The summed E-state index contributed by atoms with van der Waals surface area (Å²) in [6.45, 7) is 6.70. The Labute approximate surface area is 135 Å². The average Bonchev–Trinajstić information content (AvgIpc) is 2.38. The fraction of sp³-hybridized carbons (Fsp3) is 0.562. The Hall–Kier alpha value is -1.07. The number of carbonyl (C=O) groups excluding carboxylic acids is 1. The van der Waals surface area contributed by atoms with E-state index in [4.69, 9.17) is 9.84 Å². The van der Waals surface area contributed by atoms with Gasteiger partial charge in [-0.25, -0.2) is 4.79 Å². The van der Waals surface area contributed by atoms with Gasteiger partial charge < -0.3 is 14.7 Å². The van der Waals surface area contributed by atoms with Crippen molar-refractivity contribution in [2.45, 2.75) is 39.2 Å². The molecule has 0 aliphatic heterocycles. The molecule has 0 spiro atoms. The summed E-state index contributed by atoms with van der Waals surface area (Å²) in [6, 6.07) is 8.04. The van der Waals surface area contributed by atoms with E-state index in [1.54, 1.807) is 4.90 Å². The first kappa shape index (κ1) is 18.0. The number of carbonyl (C=O) groups is 1. The molecule has 118 valence electrons. The summed E-state index contributed by atoms with van der Waals surface area (Å²) in [6.07, 6.45) is 0.991. The quantitative estimate of drug-likeness (QED) is 0.845. The van der Waals surface area contributed by atoms with Crippen LogP contribution >= 0.6 is 15.9 Å². The highest BCUT2D eigenvalue weighted by molar-refractivity contribution is 9.10. The van der Waals surface area contributed by atoms with Crippen molar-refractivity contribution in [3.63, 3.8) is 0 Å². The second-order valence-electron chi connectivity index (χ2n) is 5.92. The van der Waals surface area contributed by atoms with Crippen LogP contribution in [-0.2, 0) is 11.2 Å².